The van der Waals surface area contributed by atoms with Gasteiger partial charge in [-0.2, -0.15) is 5.10 Å². The van der Waals surface area contributed by atoms with Crippen LogP contribution in [0.25, 0.3) is 27.7 Å². The topological polar surface area (TPSA) is 73.0 Å². The molecule has 5 rings (SSSR count). The van der Waals surface area contributed by atoms with E-state index >= 15 is 0 Å². The second-order valence-corrected chi connectivity index (χ2v) is 9.32. The minimum absolute atomic E-state index is 0.730. The summed E-state index contributed by atoms with van der Waals surface area (Å²) in [4.78, 5) is 13.5. The Labute approximate surface area is 200 Å². The van der Waals surface area contributed by atoms with Gasteiger partial charge < -0.3 is 10.2 Å². The molecule has 4 heterocycles. The van der Waals surface area contributed by atoms with Gasteiger partial charge in [0, 0.05) is 42.6 Å². The molecular weight excluding hydrogens is 422 g/mol. The van der Waals surface area contributed by atoms with Gasteiger partial charge in [0.2, 0.25) is 0 Å². The first-order valence-electron chi connectivity index (χ1n) is 11.7. The molecule has 1 aromatic carbocycles. The molecule has 1 aliphatic rings. The first-order valence-corrected chi connectivity index (χ1v) is 11.7. The van der Waals surface area contributed by atoms with Gasteiger partial charge in [-0.1, -0.05) is 12.6 Å². The fourth-order valence-electron chi connectivity index (χ4n) is 4.60. The molecule has 7 heteroatoms. The van der Waals surface area contributed by atoms with Crippen LogP contribution in [-0.2, 0) is 13.1 Å². The van der Waals surface area contributed by atoms with Gasteiger partial charge in [-0.3, -0.25) is 20.0 Å². The average Bonchev–Trinajstić information content (AvgIpc) is 3.48. The van der Waals surface area contributed by atoms with E-state index < -0.39 is 0 Å². The minimum atomic E-state index is 0.730. The van der Waals surface area contributed by atoms with Gasteiger partial charge in [0.1, 0.15) is 5.69 Å². The molecule has 3 aromatic heterocycles. The third-order valence-electron chi connectivity index (χ3n) is 6.17. The third kappa shape index (κ3) is 5.00. The number of aromatic nitrogens is 4. The number of fused-ring (bicyclic) bond motifs is 1. The maximum absolute atomic E-state index is 4.55. The highest BCUT2D eigenvalue weighted by atomic mass is 15.1. The highest BCUT2D eigenvalue weighted by Gasteiger charge is 2.14. The van der Waals surface area contributed by atoms with E-state index in [9.17, 15) is 0 Å². The lowest BCUT2D eigenvalue weighted by Crippen LogP contribution is -2.18. The van der Waals surface area contributed by atoms with Crippen molar-refractivity contribution in [3.8, 4) is 11.1 Å². The van der Waals surface area contributed by atoms with Gasteiger partial charge >= 0.3 is 0 Å². The van der Waals surface area contributed by atoms with Crippen LogP contribution in [0.3, 0.4) is 0 Å². The second-order valence-electron chi connectivity index (χ2n) is 9.32. The molecule has 2 N–H and O–H groups in total. The van der Waals surface area contributed by atoms with E-state index in [4.69, 9.17) is 0 Å². The summed E-state index contributed by atoms with van der Waals surface area (Å²) < 4.78 is 0. The number of anilines is 1. The quantitative estimate of drug-likeness (QED) is 0.401. The molecule has 34 heavy (non-hydrogen) atoms. The van der Waals surface area contributed by atoms with Crippen LogP contribution in [0.15, 0.2) is 61.7 Å². The van der Waals surface area contributed by atoms with Gasteiger partial charge in [-0.15, -0.1) is 0 Å². The lowest BCUT2D eigenvalue weighted by atomic mass is 10.0. The van der Waals surface area contributed by atoms with Gasteiger partial charge in [0.05, 0.1) is 23.1 Å². The van der Waals surface area contributed by atoms with E-state index in [2.05, 4.69) is 72.2 Å². The molecule has 1 aliphatic heterocycles. The molecule has 0 spiro atoms. The molecule has 174 valence electrons. The third-order valence-corrected chi connectivity index (χ3v) is 6.17. The molecule has 4 aromatic rings. The Balaban J connectivity index is 1.39. The molecular formula is C27H31N7. The smallest absolute Gasteiger partial charge is 0.116 e. The first kappa shape index (κ1) is 22.3. The Kier molecular flexibility index (Phi) is 6.38. The van der Waals surface area contributed by atoms with Gasteiger partial charge in [-0.25, -0.2) is 0 Å². The highest BCUT2D eigenvalue weighted by Crippen LogP contribution is 2.29. The number of benzene rings is 1. The van der Waals surface area contributed by atoms with Crippen LogP contribution in [0, 0.1) is 0 Å². The Morgan fingerprint density at radius 2 is 1.79 bits per heavy atom. The fraction of sp³-hybridized carbons (Fsp3) is 0.296. The Bertz CT molecular complexity index is 1300. The summed E-state index contributed by atoms with van der Waals surface area (Å²) in [5, 5.41) is 12.1. The van der Waals surface area contributed by atoms with E-state index in [-0.39, 0.29) is 0 Å². The molecule has 0 radical (unpaired) electrons. The monoisotopic (exact) mass is 453 g/mol. The fourth-order valence-corrected chi connectivity index (χ4v) is 4.60. The standard InChI is InChI=1S/C27H31N7/c1-19(30-24-11-21(14-29-16-24)17-33(2)3)27-25-12-22(6-7-26(25)31-32-27)23-10-20(13-28-15-23)18-34-8-4-5-9-34/h6-7,10-16,30H,1,4-5,8-9,17-18H2,2-3H3,(H,31,32). The average molecular weight is 454 g/mol. The van der Waals surface area contributed by atoms with Crippen molar-refractivity contribution in [3.05, 3.63) is 78.5 Å². The summed E-state index contributed by atoms with van der Waals surface area (Å²) in [6, 6.07) is 10.7. The number of hydrogen-bond acceptors (Lipinski definition) is 6. The SMILES string of the molecule is C=C(Nc1cncc(CN(C)C)c1)c1n[nH]c2ccc(-c3cncc(CN4CCCC4)c3)cc12. The number of hydrogen-bond donors (Lipinski definition) is 2. The number of nitrogens with zero attached hydrogens (tertiary/aromatic N) is 5. The summed E-state index contributed by atoms with van der Waals surface area (Å²) in [5.41, 5.74) is 8.03. The van der Waals surface area contributed by atoms with Crippen molar-refractivity contribution >= 4 is 22.3 Å². The van der Waals surface area contributed by atoms with Crippen LogP contribution in [0.4, 0.5) is 5.69 Å². The number of likely N-dealkylation sites (tertiary alicyclic amines) is 1. The summed E-state index contributed by atoms with van der Waals surface area (Å²) in [5.74, 6) is 0. The summed E-state index contributed by atoms with van der Waals surface area (Å²) in [6.07, 6.45) is 10.2. The molecule has 0 saturated carbocycles. The molecule has 0 bridgehead atoms. The molecule has 0 unspecified atom stereocenters. The first-order chi connectivity index (χ1) is 16.5. The van der Waals surface area contributed by atoms with Crippen molar-refractivity contribution in [1.29, 1.82) is 0 Å². The molecule has 1 saturated heterocycles. The van der Waals surface area contributed by atoms with Gasteiger partial charge in [0.25, 0.3) is 0 Å². The van der Waals surface area contributed by atoms with Crippen LogP contribution in [0.2, 0.25) is 0 Å². The zero-order chi connectivity index (χ0) is 23.5. The van der Waals surface area contributed by atoms with Crippen molar-refractivity contribution in [3.63, 3.8) is 0 Å². The lowest BCUT2D eigenvalue weighted by molar-refractivity contribution is 0.331. The van der Waals surface area contributed by atoms with Crippen molar-refractivity contribution in [2.24, 2.45) is 0 Å². The summed E-state index contributed by atoms with van der Waals surface area (Å²) in [6.45, 7) is 8.40. The predicted octanol–water partition coefficient (Wildman–Crippen LogP) is 4.76. The van der Waals surface area contributed by atoms with Crippen LogP contribution >= 0.6 is 0 Å². The summed E-state index contributed by atoms with van der Waals surface area (Å²) >= 11 is 0. The maximum Gasteiger partial charge on any atom is 0.116 e. The number of rotatable bonds is 8. The Morgan fingerprint density at radius 3 is 2.62 bits per heavy atom. The van der Waals surface area contributed by atoms with E-state index in [0.717, 1.165) is 57.8 Å². The zero-order valence-corrected chi connectivity index (χ0v) is 19.9. The number of nitrogens with one attached hydrogen (secondary N) is 2. The van der Waals surface area contributed by atoms with Crippen LogP contribution in [-0.4, -0.2) is 57.1 Å². The van der Waals surface area contributed by atoms with Crippen molar-refractivity contribution in [2.75, 3.05) is 32.5 Å². The van der Waals surface area contributed by atoms with Gasteiger partial charge in [0.15, 0.2) is 0 Å². The lowest BCUT2D eigenvalue weighted by Gasteiger charge is -2.15. The van der Waals surface area contributed by atoms with Crippen molar-refractivity contribution in [2.45, 2.75) is 25.9 Å². The molecule has 1 fully saturated rings. The Morgan fingerprint density at radius 1 is 1.00 bits per heavy atom. The van der Waals surface area contributed by atoms with Gasteiger partial charge in [-0.05, 0) is 81.0 Å². The number of aromatic amines is 1. The van der Waals surface area contributed by atoms with Crippen LogP contribution in [0.5, 0.6) is 0 Å². The van der Waals surface area contributed by atoms with E-state index in [0.29, 0.717) is 0 Å². The van der Waals surface area contributed by atoms with E-state index in [1.54, 1.807) is 0 Å². The van der Waals surface area contributed by atoms with Crippen molar-refractivity contribution < 1.29 is 0 Å². The van der Waals surface area contributed by atoms with E-state index in [1.807, 2.05) is 38.9 Å². The maximum atomic E-state index is 4.55. The molecule has 0 atom stereocenters. The van der Waals surface area contributed by atoms with E-state index in [1.165, 1.54) is 31.5 Å². The molecule has 0 aliphatic carbocycles. The number of pyridine rings is 2. The molecule has 0 amide bonds. The summed E-state index contributed by atoms with van der Waals surface area (Å²) in [7, 11) is 4.09. The van der Waals surface area contributed by atoms with Crippen molar-refractivity contribution in [1.82, 2.24) is 30.0 Å². The zero-order valence-electron chi connectivity index (χ0n) is 19.9. The normalized spacial score (nSPS) is 14.2. The predicted molar refractivity (Wildman–Crippen MR) is 138 cm³/mol. The second kappa shape index (κ2) is 9.75. The molecule has 7 nitrogen and oxygen atoms in total. The van der Waals surface area contributed by atoms with Crippen LogP contribution < -0.4 is 5.32 Å². The van der Waals surface area contributed by atoms with Crippen LogP contribution in [0.1, 0.15) is 29.7 Å². The minimum Gasteiger partial charge on any atom is -0.353 e. The Hall–Kier alpha value is -3.55. The number of H-pyrrole nitrogens is 1. The largest absolute Gasteiger partial charge is 0.353 e. The highest BCUT2D eigenvalue weighted by molar-refractivity contribution is 5.95.